The number of benzene rings is 1. The molecule has 4 heteroatoms. The van der Waals surface area contributed by atoms with Crippen molar-refractivity contribution in [1.82, 2.24) is 5.32 Å². The molecule has 74 valence electrons. The van der Waals surface area contributed by atoms with Gasteiger partial charge in [0.25, 0.3) is 0 Å². The Morgan fingerprint density at radius 2 is 2.21 bits per heavy atom. The summed E-state index contributed by atoms with van der Waals surface area (Å²) < 4.78 is 0. The molecule has 1 aliphatic rings. The zero-order chi connectivity index (χ0) is 10.1. The van der Waals surface area contributed by atoms with Gasteiger partial charge in [0, 0.05) is 18.3 Å². The third-order valence-electron chi connectivity index (χ3n) is 2.38. The van der Waals surface area contributed by atoms with E-state index in [1.807, 2.05) is 24.3 Å². The van der Waals surface area contributed by atoms with Crippen molar-refractivity contribution < 1.29 is 4.79 Å². The van der Waals surface area contributed by atoms with Crippen LogP contribution in [0.4, 0.5) is 5.69 Å². The number of carbonyl (C=O) groups is 1. The number of rotatable bonds is 0. The van der Waals surface area contributed by atoms with Crippen molar-refractivity contribution >= 4 is 23.2 Å². The molecule has 0 bridgehead atoms. The maximum atomic E-state index is 11.5. The summed E-state index contributed by atoms with van der Waals surface area (Å²) in [5.41, 5.74) is 1.53. The van der Waals surface area contributed by atoms with E-state index in [1.54, 1.807) is 11.9 Å². The van der Waals surface area contributed by atoms with E-state index in [0.717, 1.165) is 11.3 Å². The predicted octanol–water partition coefficient (Wildman–Crippen LogP) is 1.49. The van der Waals surface area contributed by atoms with E-state index in [4.69, 9.17) is 11.6 Å². The van der Waals surface area contributed by atoms with Crippen LogP contribution in [0.1, 0.15) is 11.1 Å². The molecule has 0 fully saturated rings. The summed E-state index contributed by atoms with van der Waals surface area (Å²) in [6, 6.07) is 7.64. The lowest BCUT2D eigenvalue weighted by Gasteiger charge is -2.17. The Kier molecular flexibility index (Phi) is 2.44. The number of amides is 1. The highest BCUT2D eigenvalue weighted by Crippen LogP contribution is 2.29. The number of carbonyl (C=O) groups excluding carboxylic acids is 1. The Balaban J connectivity index is 2.51. The number of para-hydroxylation sites is 1. The summed E-state index contributed by atoms with van der Waals surface area (Å²) in [5, 5.41) is 2.96. The van der Waals surface area contributed by atoms with Gasteiger partial charge in [-0.1, -0.05) is 18.2 Å². The predicted molar refractivity (Wildman–Crippen MR) is 56.4 cm³/mol. The molecule has 1 aromatic carbocycles. The molecular formula is C10H11ClN2O. The Labute approximate surface area is 87.7 Å². The number of nitrogens with one attached hydrogen (secondary N) is 1. The molecule has 1 N–H and O–H groups in total. The van der Waals surface area contributed by atoms with E-state index in [1.165, 1.54) is 0 Å². The number of fused-ring (bicyclic) bond motifs is 1. The molecule has 0 aromatic heterocycles. The SMILES string of the molecule is CN1C(=O)CNC(Cl)c2ccccc21. The van der Waals surface area contributed by atoms with Gasteiger partial charge in [-0.3, -0.25) is 10.1 Å². The van der Waals surface area contributed by atoms with Crippen molar-refractivity contribution in [2.45, 2.75) is 5.50 Å². The maximum Gasteiger partial charge on any atom is 0.240 e. The molecule has 0 radical (unpaired) electrons. The second kappa shape index (κ2) is 3.59. The van der Waals surface area contributed by atoms with Crippen LogP contribution in [0.5, 0.6) is 0 Å². The van der Waals surface area contributed by atoms with Gasteiger partial charge in [-0.15, -0.1) is 11.6 Å². The van der Waals surface area contributed by atoms with E-state index < -0.39 is 0 Å². The molecule has 0 aliphatic carbocycles. The van der Waals surface area contributed by atoms with Gasteiger partial charge in [-0.05, 0) is 6.07 Å². The van der Waals surface area contributed by atoms with Gasteiger partial charge in [-0.2, -0.15) is 0 Å². The van der Waals surface area contributed by atoms with Crippen LogP contribution in [0.25, 0.3) is 0 Å². The fraction of sp³-hybridized carbons (Fsp3) is 0.300. The van der Waals surface area contributed by atoms with Gasteiger partial charge in [0.1, 0.15) is 5.50 Å². The third-order valence-corrected chi connectivity index (χ3v) is 2.77. The molecule has 1 atom stereocenters. The normalized spacial score (nSPS) is 21.7. The fourth-order valence-corrected chi connectivity index (χ4v) is 1.81. The first-order valence-electron chi connectivity index (χ1n) is 4.43. The second-order valence-electron chi connectivity index (χ2n) is 3.26. The summed E-state index contributed by atoms with van der Waals surface area (Å²) in [7, 11) is 1.76. The average Bonchev–Trinajstić information content (AvgIpc) is 2.33. The highest BCUT2D eigenvalue weighted by atomic mass is 35.5. The van der Waals surface area contributed by atoms with Crippen LogP contribution >= 0.6 is 11.6 Å². The number of alkyl halides is 1. The van der Waals surface area contributed by atoms with Gasteiger partial charge in [0.2, 0.25) is 5.91 Å². The van der Waals surface area contributed by atoms with E-state index in [2.05, 4.69) is 5.32 Å². The highest BCUT2D eigenvalue weighted by Gasteiger charge is 2.22. The largest absolute Gasteiger partial charge is 0.314 e. The minimum atomic E-state index is -0.292. The minimum Gasteiger partial charge on any atom is -0.314 e. The van der Waals surface area contributed by atoms with Crippen LogP contribution in [-0.2, 0) is 4.79 Å². The number of nitrogens with zero attached hydrogens (tertiary/aromatic N) is 1. The van der Waals surface area contributed by atoms with Crippen molar-refractivity contribution in [3.8, 4) is 0 Å². The number of hydrogen-bond acceptors (Lipinski definition) is 2. The van der Waals surface area contributed by atoms with E-state index in [0.29, 0.717) is 0 Å². The molecule has 1 heterocycles. The van der Waals surface area contributed by atoms with Crippen LogP contribution in [0, 0.1) is 0 Å². The van der Waals surface area contributed by atoms with Crippen molar-refractivity contribution in [3.05, 3.63) is 29.8 Å². The van der Waals surface area contributed by atoms with Gasteiger partial charge in [0.15, 0.2) is 0 Å². The van der Waals surface area contributed by atoms with Crippen LogP contribution < -0.4 is 10.2 Å². The van der Waals surface area contributed by atoms with Crippen LogP contribution in [0.15, 0.2) is 24.3 Å². The van der Waals surface area contributed by atoms with Crippen molar-refractivity contribution in [3.63, 3.8) is 0 Å². The van der Waals surface area contributed by atoms with E-state index in [9.17, 15) is 4.79 Å². The Bertz CT molecular complexity index is 367. The lowest BCUT2D eigenvalue weighted by molar-refractivity contribution is -0.117. The molecule has 1 unspecified atom stereocenters. The van der Waals surface area contributed by atoms with Gasteiger partial charge in [-0.25, -0.2) is 0 Å². The first kappa shape index (κ1) is 9.49. The second-order valence-corrected chi connectivity index (χ2v) is 3.69. The summed E-state index contributed by atoms with van der Waals surface area (Å²) >= 11 is 6.09. The fourth-order valence-electron chi connectivity index (χ4n) is 1.55. The first-order valence-corrected chi connectivity index (χ1v) is 4.87. The monoisotopic (exact) mass is 210 g/mol. The lowest BCUT2D eigenvalue weighted by atomic mass is 10.1. The van der Waals surface area contributed by atoms with Crippen LogP contribution in [-0.4, -0.2) is 19.5 Å². The Morgan fingerprint density at radius 1 is 1.50 bits per heavy atom. The van der Waals surface area contributed by atoms with Crippen LogP contribution in [0.2, 0.25) is 0 Å². The zero-order valence-electron chi connectivity index (χ0n) is 7.83. The molecule has 3 nitrogen and oxygen atoms in total. The molecular weight excluding hydrogens is 200 g/mol. The molecule has 14 heavy (non-hydrogen) atoms. The smallest absolute Gasteiger partial charge is 0.240 e. The first-order chi connectivity index (χ1) is 6.70. The quantitative estimate of drug-likeness (QED) is 0.520. The average molecular weight is 211 g/mol. The summed E-state index contributed by atoms with van der Waals surface area (Å²) in [6.07, 6.45) is 0. The number of likely N-dealkylation sites (N-methyl/N-ethyl adjacent to an activating group) is 1. The molecule has 1 aliphatic heterocycles. The molecule has 0 spiro atoms. The van der Waals surface area contributed by atoms with Crippen molar-refractivity contribution in [1.29, 1.82) is 0 Å². The summed E-state index contributed by atoms with van der Waals surface area (Å²) in [5.74, 6) is 0.0283. The standard InChI is InChI=1S/C10H11ClN2O/c1-13-8-5-3-2-4-7(8)10(11)12-6-9(13)14/h2-5,10,12H,6H2,1H3. The van der Waals surface area contributed by atoms with E-state index >= 15 is 0 Å². The topological polar surface area (TPSA) is 32.3 Å². The van der Waals surface area contributed by atoms with Crippen LogP contribution in [0.3, 0.4) is 0 Å². The third kappa shape index (κ3) is 1.49. The molecule has 0 saturated carbocycles. The highest BCUT2D eigenvalue weighted by molar-refractivity contribution is 6.21. The van der Waals surface area contributed by atoms with Crippen molar-refractivity contribution in [2.75, 3.05) is 18.5 Å². The number of hydrogen-bond donors (Lipinski definition) is 1. The van der Waals surface area contributed by atoms with Gasteiger partial charge in [0.05, 0.1) is 6.54 Å². The van der Waals surface area contributed by atoms with Gasteiger partial charge < -0.3 is 4.90 Å². The molecule has 0 saturated heterocycles. The summed E-state index contributed by atoms with van der Waals surface area (Å²) in [6.45, 7) is 0.277. The molecule has 1 amide bonds. The van der Waals surface area contributed by atoms with Crippen molar-refractivity contribution in [2.24, 2.45) is 0 Å². The summed E-state index contributed by atoms with van der Waals surface area (Å²) in [4.78, 5) is 13.2. The molecule has 1 aromatic rings. The number of halogens is 1. The maximum absolute atomic E-state index is 11.5. The minimum absolute atomic E-state index is 0.0283. The lowest BCUT2D eigenvalue weighted by Crippen LogP contribution is -2.32. The zero-order valence-corrected chi connectivity index (χ0v) is 8.58. The Hall–Kier alpha value is -1.06. The molecule has 2 rings (SSSR count). The van der Waals surface area contributed by atoms with E-state index in [-0.39, 0.29) is 18.0 Å². The van der Waals surface area contributed by atoms with Gasteiger partial charge >= 0.3 is 0 Å². The number of anilines is 1. The Morgan fingerprint density at radius 3 is 3.00 bits per heavy atom.